The number of piperazine rings is 1. The molecule has 1 saturated heterocycles. The molecule has 0 saturated carbocycles. The fourth-order valence-corrected chi connectivity index (χ4v) is 5.60. The minimum absolute atomic E-state index is 0.00288. The number of carbonyl (C=O) groups excluding carboxylic acids is 2. The molecule has 7 nitrogen and oxygen atoms in total. The molecular formula is C25H27N4O3Pb. The van der Waals surface area contributed by atoms with Crippen molar-refractivity contribution in [2.24, 2.45) is 0 Å². The monoisotopic (exact) mass is 639 g/mol. The van der Waals surface area contributed by atoms with Gasteiger partial charge < -0.3 is 0 Å². The molecule has 4 rings (SSSR count). The van der Waals surface area contributed by atoms with E-state index in [1.165, 1.54) is 7.11 Å². The molecule has 3 radical (unpaired) electrons. The van der Waals surface area contributed by atoms with Crippen LogP contribution in [0.1, 0.15) is 20.3 Å². The number of anilines is 1. The van der Waals surface area contributed by atoms with Crippen LogP contribution >= 0.6 is 0 Å². The molecule has 1 aliphatic heterocycles. The Hall–Kier alpha value is -2.69. The Labute approximate surface area is 210 Å². The Morgan fingerprint density at radius 3 is 2.42 bits per heavy atom. The number of aryl methyl sites for hydroxylation is 1. The van der Waals surface area contributed by atoms with Crippen LogP contribution in [0.5, 0.6) is 0 Å². The van der Waals surface area contributed by atoms with Crippen LogP contribution in [0.3, 0.4) is 0 Å². The SMILES string of the molecule is COC(=O)C1CN(c2cc(C)nn2Cc2ccccc2)CCN1C(=O)[CH]([Pb])c1ccccc1. The average Bonchev–Trinajstić information content (AvgIpc) is 3.23. The number of amides is 1. The molecular weight excluding hydrogens is 611 g/mol. The van der Waals surface area contributed by atoms with Crippen molar-refractivity contribution in [3.63, 3.8) is 0 Å². The molecule has 1 aliphatic rings. The van der Waals surface area contributed by atoms with Crippen molar-refractivity contribution < 1.29 is 14.3 Å². The van der Waals surface area contributed by atoms with E-state index in [-0.39, 0.29) is 15.4 Å². The summed E-state index contributed by atoms with van der Waals surface area (Å²) in [6.07, 6.45) is 0. The van der Waals surface area contributed by atoms with Gasteiger partial charge >= 0.3 is 205 Å². The van der Waals surface area contributed by atoms with Crippen molar-refractivity contribution in [3.8, 4) is 0 Å². The van der Waals surface area contributed by atoms with Gasteiger partial charge in [0.05, 0.1) is 0 Å². The van der Waals surface area contributed by atoms with Crippen molar-refractivity contribution >= 4 is 43.5 Å². The molecule has 169 valence electrons. The molecule has 1 amide bonds. The molecule has 0 N–H and O–H groups in total. The minimum atomic E-state index is -0.656. The van der Waals surface area contributed by atoms with E-state index >= 15 is 0 Å². The van der Waals surface area contributed by atoms with E-state index in [0.29, 0.717) is 51.9 Å². The third-order valence-electron chi connectivity index (χ3n) is 5.90. The Morgan fingerprint density at radius 2 is 1.76 bits per heavy atom. The first-order valence-corrected chi connectivity index (χ1v) is 13.2. The van der Waals surface area contributed by atoms with Gasteiger partial charge in [-0.3, -0.25) is 0 Å². The zero-order chi connectivity index (χ0) is 23.4. The van der Waals surface area contributed by atoms with Crippen molar-refractivity contribution in [1.29, 1.82) is 0 Å². The van der Waals surface area contributed by atoms with Gasteiger partial charge in [-0.05, 0) is 0 Å². The van der Waals surface area contributed by atoms with Gasteiger partial charge in [0.25, 0.3) is 0 Å². The summed E-state index contributed by atoms with van der Waals surface area (Å²) < 4.78 is 6.87. The van der Waals surface area contributed by atoms with Gasteiger partial charge in [-0.25, -0.2) is 0 Å². The summed E-state index contributed by atoms with van der Waals surface area (Å²) in [7, 11) is 1.38. The topological polar surface area (TPSA) is 67.7 Å². The van der Waals surface area contributed by atoms with Gasteiger partial charge in [0, 0.05) is 0 Å². The second-order valence-electron chi connectivity index (χ2n) is 8.15. The second-order valence-corrected chi connectivity index (χ2v) is 10.4. The number of rotatable bonds is 6. The zero-order valence-electron chi connectivity index (χ0n) is 18.8. The predicted octanol–water partition coefficient (Wildman–Crippen LogP) is 2.34. The zero-order valence-corrected chi connectivity index (χ0v) is 22.7. The Bertz CT molecular complexity index is 1100. The van der Waals surface area contributed by atoms with Crippen LogP contribution < -0.4 is 4.90 Å². The fraction of sp³-hybridized carbons (Fsp3) is 0.320. The van der Waals surface area contributed by atoms with Crippen LogP contribution in [0, 0.1) is 6.92 Å². The number of nitrogens with zero attached hydrogens (tertiary/aromatic N) is 4. The van der Waals surface area contributed by atoms with E-state index in [0.717, 1.165) is 22.6 Å². The Kier molecular flexibility index (Phi) is 7.47. The van der Waals surface area contributed by atoms with Crippen LogP contribution in [0.2, 0.25) is 0 Å². The maximum absolute atomic E-state index is 13.4. The van der Waals surface area contributed by atoms with Gasteiger partial charge in [0.15, 0.2) is 0 Å². The third kappa shape index (κ3) is 5.29. The number of hydrogen-bond acceptors (Lipinski definition) is 5. The normalized spacial score (nSPS) is 17.0. The first-order valence-electron chi connectivity index (χ1n) is 11.0. The molecule has 0 spiro atoms. The number of hydrogen-bond donors (Lipinski definition) is 0. The summed E-state index contributed by atoms with van der Waals surface area (Å²) in [6, 6.07) is 21.3. The molecule has 1 fully saturated rings. The van der Waals surface area contributed by atoms with Crippen molar-refractivity contribution in [2.75, 3.05) is 31.6 Å². The Balaban J connectivity index is 1.56. The van der Waals surface area contributed by atoms with E-state index in [4.69, 9.17) is 4.74 Å². The van der Waals surface area contributed by atoms with E-state index in [1.54, 1.807) is 4.90 Å². The number of aromatic nitrogens is 2. The van der Waals surface area contributed by atoms with Crippen LogP contribution in [0.4, 0.5) is 5.82 Å². The molecule has 8 heteroatoms. The van der Waals surface area contributed by atoms with Crippen molar-refractivity contribution in [1.82, 2.24) is 14.7 Å². The molecule has 2 aromatic carbocycles. The van der Waals surface area contributed by atoms with Crippen molar-refractivity contribution in [3.05, 3.63) is 83.6 Å². The number of benzene rings is 2. The molecule has 1 aromatic heterocycles. The summed E-state index contributed by atoms with van der Waals surface area (Å²) >= 11 is 0.670. The Morgan fingerprint density at radius 1 is 1.09 bits per heavy atom. The summed E-state index contributed by atoms with van der Waals surface area (Å²) in [4.78, 5) is 30.0. The van der Waals surface area contributed by atoms with Crippen LogP contribution in [-0.4, -0.2) is 85.1 Å². The van der Waals surface area contributed by atoms with Crippen LogP contribution in [-0.2, 0) is 20.9 Å². The quantitative estimate of drug-likeness (QED) is 0.307. The van der Waals surface area contributed by atoms with Gasteiger partial charge in [-0.1, -0.05) is 6.07 Å². The third-order valence-corrected chi connectivity index (χ3v) is 8.15. The number of ether oxygens (including phenoxy) is 1. The van der Waals surface area contributed by atoms with Crippen LogP contribution in [0.25, 0.3) is 0 Å². The molecule has 2 unspecified atom stereocenters. The standard InChI is InChI=1S/C25H27N4O3.Pb/c1-19-15-23(29(26-19)17-21-11-7-4-8-12-21)27-13-14-28(22(18-27)25(31)32-2)24(30)16-20-9-5-3-6-10-20;/h3-12,15-16,22H,13-14,17-18H2,1-2H3;. The number of carbonyl (C=O) groups is 2. The van der Waals surface area contributed by atoms with Crippen molar-refractivity contribution in [2.45, 2.75) is 23.0 Å². The number of esters is 1. The first kappa shape index (κ1) is 23.5. The van der Waals surface area contributed by atoms with E-state index in [2.05, 4.69) is 22.1 Å². The van der Waals surface area contributed by atoms with Gasteiger partial charge in [0.1, 0.15) is 0 Å². The summed E-state index contributed by atoms with van der Waals surface area (Å²) in [6.45, 7) is 4.07. The van der Waals surface area contributed by atoms with E-state index < -0.39 is 6.04 Å². The molecule has 0 aliphatic carbocycles. The first-order chi connectivity index (χ1) is 16.0. The molecule has 33 heavy (non-hydrogen) atoms. The molecule has 0 bridgehead atoms. The summed E-state index contributed by atoms with van der Waals surface area (Å²) in [5, 5.41) is 4.68. The predicted molar refractivity (Wildman–Crippen MR) is 127 cm³/mol. The van der Waals surface area contributed by atoms with Gasteiger partial charge in [-0.15, -0.1) is 0 Å². The summed E-state index contributed by atoms with van der Waals surface area (Å²) in [5.41, 5.74) is 3.07. The van der Waals surface area contributed by atoms with E-state index in [1.807, 2.05) is 66.2 Å². The maximum atomic E-state index is 13.4. The number of methoxy groups -OCH3 is 1. The average molecular weight is 639 g/mol. The van der Waals surface area contributed by atoms with Crippen LogP contribution in [0.15, 0.2) is 66.7 Å². The molecule has 2 heterocycles. The molecule has 3 aromatic rings. The summed E-state index contributed by atoms with van der Waals surface area (Å²) in [5.74, 6) is 0.556. The second kappa shape index (κ2) is 10.5. The molecule has 2 atom stereocenters. The van der Waals surface area contributed by atoms with Gasteiger partial charge in [0.2, 0.25) is 0 Å². The van der Waals surface area contributed by atoms with Gasteiger partial charge in [-0.2, -0.15) is 0 Å². The van der Waals surface area contributed by atoms with E-state index in [9.17, 15) is 9.59 Å². The fourth-order valence-electron chi connectivity index (χ4n) is 4.21.